The van der Waals surface area contributed by atoms with Crippen LogP contribution in [0.15, 0.2) is 29.6 Å². The Labute approximate surface area is 120 Å². The summed E-state index contributed by atoms with van der Waals surface area (Å²) in [6.07, 6.45) is 0. The second-order valence-corrected chi connectivity index (χ2v) is 4.58. The summed E-state index contributed by atoms with van der Waals surface area (Å²) in [4.78, 5) is 16.7. The van der Waals surface area contributed by atoms with E-state index in [4.69, 9.17) is 9.84 Å². The number of rotatable bonds is 3. The Morgan fingerprint density at radius 2 is 2.40 bits per heavy atom. The summed E-state index contributed by atoms with van der Waals surface area (Å²) in [6, 6.07) is 6.77. The first-order valence-corrected chi connectivity index (χ1v) is 6.61. The molecule has 0 radical (unpaired) electrons. The van der Waals surface area contributed by atoms with Crippen LogP contribution in [0.1, 0.15) is 15.4 Å². The molecule has 0 spiro atoms. The zero-order valence-electron chi connectivity index (χ0n) is 10.7. The first-order valence-electron chi connectivity index (χ1n) is 5.73. The van der Waals surface area contributed by atoms with Crippen LogP contribution in [0.5, 0.6) is 5.75 Å². The average molecular weight is 288 g/mol. The van der Waals surface area contributed by atoms with E-state index in [1.165, 1.54) is 11.3 Å². The van der Waals surface area contributed by atoms with Crippen LogP contribution in [-0.4, -0.2) is 29.7 Å². The summed E-state index contributed by atoms with van der Waals surface area (Å²) in [5, 5.41) is 13.1. The van der Waals surface area contributed by atoms with E-state index in [-0.39, 0.29) is 12.5 Å². The van der Waals surface area contributed by atoms with Gasteiger partial charge in [0.15, 0.2) is 0 Å². The van der Waals surface area contributed by atoms with Gasteiger partial charge in [-0.15, -0.1) is 11.3 Å². The summed E-state index contributed by atoms with van der Waals surface area (Å²) >= 11 is 1.29. The van der Waals surface area contributed by atoms with E-state index in [2.05, 4.69) is 22.1 Å². The molecule has 20 heavy (non-hydrogen) atoms. The molecule has 0 bridgehead atoms. The first-order chi connectivity index (χ1) is 9.72. The predicted molar refractivity (Wildman–Crippen MR) is 77.0 cm³/mol. The van der Waals surface area contributed by atoms with E-state index in [0.717, 1.165) is 0 Å². The van der Waals surface area contributed by atoms with Crippen molar-refractivity contribution in [1.29, 1.82) is 0 Å². The number of thiophene rings is 1. The van der Waals surface area contributed by atoms with Crippen molar-refractivity contribution in [1.82, 2.24) is 4.98 Å². The molecule has 2 N–H and O–H groups in total. The molecule has 2 rings (SSSR count). The summed E-state index contributed by atoms with van der Waals surface area (Å²) in [5.74, 6) is 5.99. The molecule has 0 fully saturated rings. The third-order valence-corrected chi connectivity index (χ3v) is 3.23. The molecule has 2 aromatic rings. The van der Waals surface area contributed by atoms with Crippen molar-refractivity contribution in [2.75, 3.05) is 19.0 Å². The van der Waals surface area contributed by atoms with Gasteiger partial charge in [0.05, 0.1) is 12.0 Å². The fraction of sp³-hybridized carbons (Fsp3) is 0.143. The number of carbonyl (C=O) groups is 1. The van der Waals surface area contributed by atoms with Gasteiger partial charge in [-0.25, -0.2) is 4.98 Å². The predicted octanol–water partition coefficient (Wildman–Crippen LogP) is 1.75. The topological polar surface area (TPSA) is 71.5 Å². The van der Waals surface area contributed by atoms with Crippen molar-refractivity contribution < 1.29 is 14.6 Å². The molecule has 0 aliphatic heterocycles. The Balaban J connectivity index is 2.11. The smallest absolute Gasteiger partial charge is 0.267 e. The molecule has 102 valence electrons. The number of aliphatic hydroxyl groups excluding tert-OH is 1. The number of carbonyl (C=O) groups excluding carboxylic acids is 1. The fourth-order valence-electron chi connectivity index (χ4n) is 1.43. The highest BCUT2D eigenvalue weighted by atomic mass is 32.1. The minimum Gasteiger partial charge on any atom is -0.496 e. The second kappa shape index (κ2) is 6.70. The maximum atomic E-state index is 12.0. The van der Waals surface area contributed by atoms with Crippen LogP contribution in [0.3, 0.4) is 0 Å². The number of aliphatic hydroxyl groups is 1. The number of nitrogens with zero attached hydrogens (tertiary/aromatic N) is 1. The molecule has 0 aliphatic carbocycles. The summed E-state index contributed by atoms with van der Waals surface area (Å²) in [6.45, 7) is -0.229. The Kier molecular flexibility index (Phi) is 4.71. The largest absolute Gasteiger partial charge is 0.496 e. The van der Waals surface area contributed by atoms with E-state index in [9.17, 15) is 4.79 Å². The van der Waals surface area contributed by atoms with Gasteiger partial charge in [0, 0.05) is 11.4 Å². The lowest BCUT2D eigenvalue weighted by Crippen LogP contribution is -2.11. The van der Waals surface area contributed by atoms with Crippen molar-refractivity contribution in [2.24, 2.45) is 0 Å². The third kappa shape index (κ3) is 3.57. The quantitative estimate of drug-likeness (QED) is 0.844. The number of anilines is 1. The highest BCUT2D eigenvalue weighted by molar-refractivity contribution is 7.12. The number of amides is 1. The van der Waals surface area contributed by atoms with Gasteiger partial charge < -0.3 is 15.2 Å². The summed E-state index contributed by atoms with van der Waals surface area (Å²) < 4.78 is 5.03. The number of hydrogen-bond donors (Lipinski definition) is 2. The first kappa shape index (κ1) is 14.1. The Bertz CT molecular complexity index is 670. The lowest BCUT2D eigenvalue weighted by atomic mass is 10.3. The molecule has 1 amide bonds. The van der Waals surface area contributed by atoms with Crippen LogP contribution in [0, 0.1) is 11.8 Å². The molecule has 2 heterocycles. The van der Waals surface area contributed by atoms with E-state index >= 15 is 0 Å². The van der Waals surface area contributed by atoms with Crippen LogP contribution in [-0.2, 0) is 0 Å². The SMILES string of the molecule is COc1csc(C(=O)Nc2cccc(C#CCO)n2)c1. The Morgan fingerprint density at radius 1 is 1.55 bits per heavy atom. The zero-order valence-corrected chi connectivity index (χ0v) is 11.5. The molecule has 0 atom stereocenters. The summed E-state index contributed by atoms with van der Waals surface area (Å²) in [7, 11) is 1.55. The number of ether oxygens (including phenoxy) is 1. The minimum absolute atomic E-state index is 0.229. The fourth-order valence-corrected chi connectivity index (χ4v) is 2.18. The molecule has 0 unspecified atom stereocenters. The third-order valence-electron chi connectivity index (χ3n) is 2.32. The molecule has 5 nitrogen and oxygen atoms in total. The lowest BCUT2D eigenvalue weighted by Gasteiger charge is -2.02. The van der Waals surface area contributed by atoms with Gasteiger partial charge in [0.1, 0.15) is 23.9 Å². The van der Waals surface area contributed by atoms with Gasteiger partial charge in [0.25, 0.3) is 5.91 Å². The summed E-state index contributed by atoms with van der Waals surface area (Å²) in [5.41, 5.74) is 0.487. The van der Waals surface area contributed by atoms with Crippen LogP contribution >= 0.6 is 11.3 Å². The van der Waals surface area contributed by atoms with Crippen LogP contribution in [0.25, 0.3) is 0 Å². The highest BCUT2D eigenvalue weighted by Gasteiger charge is 2.10. The second-order valence-electron chi connectivity index (χ2n) is 3.67. The molecule has 0 saturated carbocycles. The average Bonchev–Trinajstić information content (AvgIpc) is 2.94. The molecule has 0 aliphatic rings. The van der Waals surface area contributed by atoms with Gasteiger partial charge in [-0.2, -0.15) is 0 Å². The number of methoxy groups -OCH3 is 1. The van der Waals surface area contributed by atoms with Crippen molar-refractivity contribution in [3.8, 4) is 17.6 Å². The number of pyridine rings is 1. The highest BCUT2D eigenvalue weighted by Crippen LogP contribution is 2.21. The van der Waals surface area contributed by atoms with Crippen LogP contribution in [0.4, 0.5) is 5.82 Å². The van der Waals surface area contributed by atoms with Gasteiger partial charge in [-0.3, -0.25) is 4.79 Å². The number of aromatic nitrogens is 1. The molecule has 2 aromatic heterocycles. The number of hydrogen-bond acceptors (Lipinski definition) is 5. The Morgan fingerprint density at radius 3 is 3.10 bits per heavy atom. The monoisotopic (exact) mass is 288 g/mol. The van der Waals surface area contributed by atoms with Crippen molar-refractivity contribution in [2.45, 2.75) is 0 Å². The molecule has 0 aromatic carbocycles. The van der Waals surface area contributed by atoms with E-state index in [1.807, 2.05) is 0 Å². The molecular formula is C14H12N2O3S. The zero-order chi connectivity index (χ0) is 14.4. The van der Waals surface area contributed by atoms with Crippen LogP contribution < -0.4 is 10.1 Å². The van der Waals surface area contributed by atoms with Gasteiger partial charge in [0.2, 0.25) is 0 Å². The lowest BCUT2D eigenvalue weighted by molar-refractivity contribution is 0.103. The van der Waals surface area contributed by atoms with Crippen molar-refractivity contribution in [3.05, 3.63) is 40.2 Å². The maximum absolute atomic E-state index is 12.0. The van der Waals surface area contributed by atoms with Crippen LogP contribution in [0.2, 0.25) is 0 Å². The van der Waals surface area contributed by atoms with E-state index < -0.39 is 0 Å². The van der Waals surface area contributed by atoms with Gasteiger partial charge in [-0.1, -0.05) is 12.0 Å². The molecular weight excluding hydrogens is 276 g/mol. The molecule has 0 saturated heterocycles. The van der Waals surface area contributed by atoms with Gasteiger partial charge >= 0.3 is 0 Å². The standard InChI is InChI=1S/C14H12N2O3S/c1-19-11-8-12(20-9-11)14(18)16-13-6-2-4-10(15-13)5-3-7-17/h2,4,6,8-9,17H,7H2,1H3,(H,15,16,18). The van der Waals surface area contributed by atoms with Gasteiger partial charge in [-0.05, 0) is 18.1 Å². The van der Waals surface area contributed by atoms with Crippen molar-refractivity contribution in [3.63, 3.8) is 0 Å². The van der Waals surface area contributed by atoms with Crippen molar-refractivity contribution >= 4 is 23.1 Å². The normalized spacial score (nSPS) is 9.50. The maximum Gasteiger partial charge on any atom is 0.267 e. The Hall–Kier alpha value is -2.36. The van der Waals surface area contributed by atoms with E-state index in [1.54, 1.807) is 36.8 Å². The van der Waals surface area contributed by atoms with E-state index in [0.29, 0.717) is 22.1 Å². The molecule has 6 heteroatoms. The number of nitrogens with one attached hydrogen (secondary N) is 1. The minimum atomic E-state index is -0.252.